The fraction of sp³-hybridized carbons (Fsp3) is 0.108. The summed E-state index contributed by atoms with van der Waals surface area (Å²) in [4.78, 5) is 5.11. The zero-order valence-corrected chi connectivity index (χ0v) is 39.6. The fourth-order valence-corrected chi connectivity index (χ4v) is 12.5. The van der Waals surface area contributed by atoms with E-state index < -0.39 is 0 Å². The lowest BCUT2D eigenvalue weighted by molar-refractivity contribution is 0.590. The molecule has 3 nitrogen and oxygen atoms in total. The van der Waals surface area contributed by atoms with Gasteiger partial charge in [0.2, 0.25) is 0 Å². The summed E-state index contributed by atoms with van der Waals surface area (Å²) >= 11 is 0. The summed E-state index contributed by atoms with van der Waals surface area (Å²) < 4.78 is 2.72. The molecule has 0 bridgehead atoms. The predicted octanol–water partition coefficient (Wildman–Crippen LogP) is 16.1. The van der Waals surface area contributed by atoms with Crippen LogP contribution in [-0.4, -0.2) is 11.3 Å². The molecule has 10 aromatic carbocycles. The minimum Gasteiger partial charge on any atom is -0.375 e. The smallest absolute Gasteiger partial charge is 0.333 e. The number of hydrogen-bond acceptors (Lipinski definition) is 2. The Morgan fingerprint density at radius 3 is 1.91 bits per heavy atom. The van der Waals surface area contributed by atoms with Crippen molar-refractivity contribution in [2.75, 3.05) is 9.80 Å². The van der Waals surface area contributed by atoms with E-state index in [0.29, 0.717) is 0 Å². The Bertz CT molecular complexity index is 3880. The van der Waals surface area contributed by atoms with Gasteiger partial charge in [-0.15, -0.1) is 0 Å². The molecule has 1 aromatic heterocycles. The molecule has 69 heavy (non-hydrogen) atoms. The lowest BCUT2D eigenvalue weighted by atomic mass is 9.44. The molecule has 0 atom stereocenters. The number of nitrogens with zero attached hydrogens (tertiary/aromatic N) is 3. The molecule has 3 aliphatic rings. The maximum Gasteiger partial charge on any atom is 0.333 e. The minimum atomic E-state index is -0.245. The summed E-state index contributed by atoms with van der Waals surface area (Å²) in [5.41, 5.74) is 23.6. The number of hydrogen-bond donors (Lipinski definition) is 0. The molecule has 0 N–H and O–H groups in total. The second kappa shape index (κ2) is 14.5. The van der Waals surface area contributed by atoms with Crippen molar-refractivity contribution in [3.05, 3.63) is 229 Å². The van der Waals surface area contributed by atoms with E-state index in [1.807, 2.05) is 0 Å². The van der Waals surface area contributed by atoms with Crippen molar-refractivity contribution in [3.63, 3.8) is 0 Å². The molecule has 0 unspecified atom stereocenters. The molecule has 0 spiro atoms. The molecular formula is C65H50BN3. The third-order valence-electron chi connectivity index (χ3n) is 15.7. The normalized spacial score (nSPS) is 13.9. The topological polar surface area (TPSA) is 11.4 Å². The van der Waals surface area contributed by atoms with E-state index in [-0.39, 0.29) is 17.7 Å². The SMILES string of the molecule is CC(C)(C)c1ccc(N2c3cc(N(c4ccccc4)c4ccccc4)ccc3B3c4c(cc5c(c42)-c2ccccc2C5(C)C)-c2cccc4c5c6ccccc6ccc5n3c24)c(-c2ccccc2)c1. The molecule has 0 fully saturated rings. The summed E-state index contributed by atoms with van der Waals surface area (Å²) in [6.07, 6.45) is 0. The van der Waals surface area contributed by atoms with Crippen LogP contribution in [0.2, 0.25) is 0 Å². The molecule has 0 radical (unpaired) electrons. The van der Waals surface area contributed by atoms with Gasteiger partial charge < -0.3 is 14.3 Å². The first-order valence-corrected chi connectivity index (χ1v) is 24.5. The van der Waals surface area contributed by atoms with Crippen LogP contribution in [0.4, 0.5) is 34.1 Å². The number of fused-ring (bicyclic) bond motifs is 13. The van der Waals surface area contributed by atoms with Gasteiger partial charge in [-0.25, -0.2) is 0 Å². The highest BCUT2D eigenvalue weighted by Gasteiger charge is 2.48. The van der Waals surface area contributed by atoms with E-state index in [1.165, 1.54) is 111 Å². The highest BCUT2D eigenvalue weighted by atomic mass is 15.2. The number of aromatic nitrogens is 1. The van der Waals surface area contributed by atoms with Crippen LogP contribution in [0.1, 0.15) is 51.3 Å². The maximum atomic E-state index is 2.72. The average Bonchev–Trinajstić information content (AvgIpc) is 3.84. The molecule has 0 amide bonds. The van der Waals surface area contributed by atoms with Gasteiger partial charge >= 0.3 is 6.85 Å². The first kappa shape index (κ1) is 40.0. The van der Waals surface area contributed by atoms with Crippen LogP contribution >= 0.6 is 0 Å². The molecule has 4 heteroatoms. The van der Waals surface area contributed by atoms with E-state index in [2.05, 4.69) is 261 Å². The monoisotopic (exact) mass is 883 g/mol. The van der Waals surface area contributed by atoms with Crippen LogP contribution in [0.15, 0.2) is 212 Å². The molecule has 0 saturated heterocycles. The molecular weight excluding hydrogens is 834 g/mol. The van der Waals surface area contributed by atoms with Gasteiger partial charge in [-0.05, 0) is 121 Å². The van der Waals surface area contributed by atoms with Gasteiger partial charge in [0.05, 0.1) is 11.4 Å². The Hall–Kier alpha value is -8.08. The highest BCUT2D eigenvalue weighted by Crippen LogP contribution is 2.58. The van der Waals surface area contributed by atoms with Gasteiger partial charge in [-0.3, -0.25) is 0 Å². The van der Waals surface area contributed by atoms with Crippen molar-refractivity contribution in [2.24, 2.45) is 0 Å². The van der Waals surface area contributed by atoms with Crippen LogP contribution in [0.5, 0.6) is 0 Å². The predicted molar refractivity (Wildman–Crippen MR) is 294 cm³/mol. The van der Waals surface area contributed by atoms with Crippen LogP contribution < -0.4 is 20.7 Å². The molecule has 328 valence electrons. The van der Waals surface area contributed by atoms with E-state index in [9.17, 15) is 0 Å². The number of anilines is 6. The van der Waals surface area contributed by atoms with E-state index in [1.54, 1.807) is 0 Å². The van der Waals surface area contributed by atoms with Crippen molar-refractivity contribution >= 4 is 84.5 Å². The van der Waals surface area contributed by atoms with Gasteiger partial charge in [0.25, 0.3) is 0 Å². The first-order chi connectivity index (χ1) is 33.7. The average molecular weight is 884 g/mol. The lowest BCUT2D eigenvalue weighted by Gasteiger charge is -2.43. The van der Waals surface area contributed by atoms with Crippen LogP contribution in [0.3, 0.4) is 0 Å². The zero-order chi connectivity index (χ0) is 46.3. The number of benzene rings is 10. The Morgan fingerprint density at radius 1 is 0.493 bits per heavy atom. The van der Waals surface area contributed by atoms with Crippen molar-refractivity contribution in [1.29, 1.82) is 0 Å². The zero-order valence-electron chi connectivity index (χ0n) is 39.6. The van der Waals surface area contributed by atoms with Gasteiger partial charge in [0.1, 0.15) is 0 Å². The van der Waals surface area contributed by atoms with Crippen molar-refractivity contribution < 1.29 is 0 Å². The Morgan fingerprint density at radius 2 is 1.16 bits per heavy atom. The summed E-state index contributed by atoms with van der Waals surface area (Å²) in [7, 11) is 0. The van der Waals surface area contributed by atoms with E-state index in [4.69, 9.17) is 0 Å². The molecule has 1 aliphatic carbocycles. The molecule has 11 aromatic rings. The third-order valence-corrected chi connectivity index (χ3v) is 15.7. The molecule has 0 saturated carbocycles. The van der Waals surface area contributed by atoms with Crippen molar-refractivity contribution in [1.82, 2.24) is 4.48 Å². The van der Waals surface area contributed by atoms with E-state index in [0.717, 1.165) is 17.1 Å². The van der Waals surface area contributed by atoms with Crippen molar-refractivity contribution in [3.8, 4) is 33.4 Å². The van der Waals surface area contributed by atoms with Gasteiger partial charge in [-0.2, -0.15) is 0 Å². The van der Waals surface area contributed by atoms with Crippen LogP contribution in [0.25, 0.3) is 66.0 Å². The second-order valence-corrected chi connectivity index (χ2v) is 20.9. The van der Waals surface area contributed by atoms with Crippen molar-refractivity contribution in [2.45, 2.75) is 45.4 Å². The molecule has 14 rings (SSSR count). The quantitative estimate of drug-likeness (QED) is 0.160. The molecule has 3 heterocycles. The molecule has 2 aliphatic heterocycles. The maximum absolute atomic E-state index is 2.72. The summed E-state index contributed by atoms with van der Waals surface area (Å²) in [5.74, 6) is 0. The second-order valence-electron chi connectivity index (χ2n) is 20.9. The first-order valence-electron chi connectivity index (χ1n) is 24.5. The Labute approximate surface area is 404 Å². The van der Waals surface area contributed by atoms with Gasteiger partial charge in [-0.1, -0.05) is 186 Å². The minimum absolute atomic E-state index is 0.0587. The van der Waals surface area contributed by atoms with Crippen LogP contribution in [0, 0.1) is 0 Å². The number of para-hydroxylation sites is 3. The third kappa shape index (κ3) is 5.63. The summed E-state index contributed by atoms with van der Waals surface area (Å²) in [6, 6.07) is 79.9. The largest absolute Gasteiger partial charge is 0.375 e. The van der Waals surface area contributed by atoms with Gasteiger partial charge in [0, 0.05) is 66.7 Å². The number of rotatable bonds is 5. The standard InChI is InChI=1S/C65H50BN3/c1-64(2,3)43-33-37-56(51(38-43)41-20-9-6-10-21-41)68-58-39-46(67(44-23-11-7-12-24-44)45-25-13-8-14-26-45)34-35-55(58)66-61-52(40-54-60(63(61)68)49-28-17-18-31-53(49)65(54,4)5)48-29-19-30-50-59-47-27-16-15-22-42(47)32-36-57(59)69(66)62(48)50/h6-40H,1-5H3. The van der Waals surface area contributed by atoms with E-state index >= 15 is 0 Å². The van der Waals surface area contributed by atoms with Crippen LogP contribution in [-0.2, 0) is 10.8 Å². The van der Waals surface area contributed by atoms with Gasteiger partial charge in [0.15, 0.2) is 0 Å². The summed E-state index contributed by atoms with van der Waals surface area (Å²) in [5, 5.41) is 5.18. The lowest BCUT2D eigenvalue weighted by Crippen LogP contribution is -2.57. The fourth-order valence-electron chi connectivity index (χ4n) is 12.5. The highest BCUT2D eigenvalue weighted by molar-refractivity contribution is 6.90. The Kier molecular flexibility index (Phi) is 8.39. The summed E-state index contributed by atoms with van der Waals surface area (Å²) in [6.45, 7) is 11.7. The Balaban J connectivity index is 1.18.